The Hall–Kier alpha value is -1.39. The number of nitrogens with one attached hydrogen (secondary N) is 2. The normalized spacial score (nSPS) is 11.2. The molecule has 3 rings (SSSR count). The molecule has 0 aliphatic heterocycles. The van der Waals surface area contributed by atoms with Gasteiger partial charge in [0.05, 0.1) is 11.3 Å². The SMILES string of the molecule is CCc1cnc(CCN=C(NCCc2ccco2)NCCc2cccs2)s1.I. The summed E-state index contributed by atoms with van der Waals surface area (Å²) in [7, 11) is 0. The largest absolute Gasteiger partial charge is 0.469 e. The van der Waals surface area contributed by atoms with Crippen molar-refractivity contribution in [2.24, 2.45) is 4.99 Å². The molecule has 3 aromatic heterocycles. The molecule has 0 aliphatic rings. The Morgan fingerprint density at radius 3 is 2.64 bits per heavy atom. The number of aromatic nitrogens is 1. The number of hydrogen-bond acceptors (Lipinski definition) is 5. The van der Waals surface area contributed by atoms with Crippen molar-refractivity contribution < 1.29 is 4.42 Å². The van der Waals surface area contributed by atoms with Crippen LogP contribution in [0.4, 0.5) is 0 Å². The van der Waals surface area contributed by atoms with Gasteiger partial charge in [0.25, 0.3) is 0 Å². The summed E-state index contributed by atoms with van der Waals surface area (Å²) < 4.78 is 5.39. The molecule has 0 aliphatic carbocycles. The Balaban J connectivity index is 0.00000280. The highest BCUT2D eigenvalue weighted by atomic mass is 127. The highest BCUT2D eigenvalue weighted by Crippen LogP contribution is 2.13. The molecular formula is C20H27IN4OS2. The molecule has 0 atom stereocenters. The van der Waals surface area contributed by atoms with Crippen LogP contribution in [0.3, 0.4) is 0 Å². The van der Waals surface area contributed by atoms with Crippen molar-refractivity contribution in [2.45, 2.75) is 32.6 Å². The molecule has 0 saturated carbocycles. The van der Waals surface area contributed by atoms with E-state index >= 15 is 0 Å². The number of thiazole rings is 1. The first-order chi connectivity index (χ1) is 13.3. The molecule has 3 heterocycles. The first-order valence-corrected chi connectivity index (χ1v) is 11.0. The first kappa shape index (κ1) is 22.9. The number of furan rings is 1. The molecule has 28 heavy (non-hydrogen) atoms. The van der Waals surface area contributed by atoms with E-state index in [4.69, 9.17) is 9.41 Å². The van der Waals surface area contributed by atoms with E-state index in [0.717, 1.165) is 62.0 Å². The van der Waals surface area contributed by atoms with Crippen LogP contribution >= 0.6 is 46.7 Å². The van der Waals surface area contributed by atoms with Gasteiger partial charge in [-0.25, -0.2) is 4.98 Å². The van der Waals surface area contributed by atoms with E-state index < -0.39 is 0 Å². The number of rotatable bonds is 10. The zero-order valence-corrected chi connectivity index (χ0v) is 20.0. The van der Waals surface area contributed by atoms with Gasteiger partial charge >= 0.3 is 0 Å². The predicted molar refractivity (Wildman–Crippen MR) is 129 cm³/mol. The molecule has 0 fully saturated rings. The van der Waals surface area contributed by atoms with E-state index in [1.54, 1.807) is 28.9 Å². The van der Waals surface area contributed by atoms with Gasteiger partial charge in [-0.3, -0.25) is 4.99 Å². The average molecular weight is 531 g/mol. The lowest BCUT2D eigenvalue weighted by Gasteiger charge is -2.12. The summed E-state index contributed by atoms with van der Waals surface area (Å²) in [5, 5.41) is 10.1. The topological polar surface area (TPSA) is 62.5 Å². The molecule has 0 unspecified atom stereocenters. The van der Waals surface area contributed by atoms with Gasteiger partial charge in [-0.05, 0) is 36.4 Å². The Bertz CT molecular complexity index is 758. The van der Waals surface area contributed by atoms with Crippen LogP contribution in [0, 0.1) is 0 Å². The van der Waals surface area contributed by atoms with Crippen LogP contribution in [0.15, 0.2) is 51.5 Å². The maximum absolute atomic E-state index is 5.39. The smallest absolute Gasteiger partial charge is 0.191 e. The summed E-state index contributed by atoms with van der Waals surface area (Å²) in [6, 6.07) is 8.18. The minimum atomic E-state index is 0. The highest BCUT2D eigenvalue weighted by Gasteiger charge is 2.03. The molecule has 3 aromatic rings. The average Bonchev–Trinajstić information content (AvgIpc) is 3.44. The van der Waals surface area contributed by atoms with E-state index in [-0.39, 0.29) is 24.0 Å². The Morgan fingerprint density at radius 2 is 1.96 bits per heavy atom. The van der Waals surface area contributed by atoms with E-state index in [2.05, 4.69) is 40.1 Å². The van der Waals surface area contributed by atoms with Gasteiger partial charge in [-0.2, -0.15) is 0 Å². The van der Waals surface area contributed by atoms with E-state index in [1.165, 1.54) is 9.75 Å². The van der Waals surface area contributed by atoms with Gasteiger partial charge in [0.15, 0.2) is 5.96 Å². The zero-order valence-electron chi connectivity index (χ0n) is 16.0. The number of aliphatic imine (C=N–C) groups is 1. The van der Waals surface area contributed by atoms with Crippen LogP contribution in [-0.2, 0) is 25.7 Å². The fraction of sp³-hybridized carbons (Fsp3) is 0.400. The fourth-order valence-corrected chi connectivity index (χ4v) is 4.14. The third-order valence-corrected chi connectivity index (χ3v) is 6.17. The van der Waals surface area contributed by atoms with Crippen molar-refractivity contribution >= 4 is 52.6 Å². The molecule has 8 heteroatoms. The fourth-order valence-electron chi connectivity index (χ4n) is 2.58. The molecule has 0 amide bonds. The van der Waals surface area contributed by atoms with Gasteiger partial charge in [0.2, 0.25) is 0 Å². The number of hydrogen-bond donors (Lipinski definition) is 2. The lowest BCUT2D eigenvalue weighted by Crippen LogP contribution is -2.39. The lowest BCUT2D eigenvalue weighted by molar-refractivity contribution is 0.506. The quantitative estimate of drug-likeness (QED) is 0.230. The number of nitrogens with zero attached hydrogens (tertiary/aromatic N) is 2. The van der Waals surface area contributed by atoms with Crippen LogP contribution in [0.25, 0.3) is 0 Å². The first-order valence-electron chi connectivity index (χ1n) is 9.34. The molecule has 5 nitrogen and oxygen atoms in total. The number of thiophene rings is 1. The van der Waals surface area contributed by atoms with Gasteiger partial charge < -0.3 is 15.1 Å². The number of halogens is 1. The minimum absolute atomic E-state index is 0. The molecule has 2 N–H and O–H groups in total. The second-order valence-electron chi connectivity index (χ2n) is 6.07. The maximum Gasteiger partial charge on any atom is 0.191 e. The number of aryl methyl sites for hydroxylation is 1. The van der Waals surface area contributed by atoms with Crippen LogP contribution < -0.4 is 10.6 Å². The minimum Gasteiger partial charge on any atom is -0.469 e. The molecule has 0 spiro atoms. The van der Waals surface area contributed by atoms with Crippen molar-refractivity contribution in [2.75, 3.05) is 19.6 Å². The van der Waals surface area contributed by atoms with Crippen molar-refractivity contribution in [1.82, 2.24) is 15.6 Å². The van der Waals surface area contributed by atoms with E-state index in [1.807, 2.05) is 18.3 Å². The Kier molecular flexibility index (Phi) is 10.6. The number of guanidine groups is 1. The van der Waals surface area contributed by atoms with E-state index in [9.17, 15) is 0 Å². The third-order valence-electron chi connectivity index (χ3n) is 4.03. The van der Waals surface area contributed by atoms with Gasteiger partial charge in [-0.15, -0.1) is 46.7 Å². The lowest BCUT2D eigenvalue weighted by atomic mass is 10.3. The Labute approximate surface area is 191 Å². The molecule has 152 valence electrons. The summed E-state index contributed by atoms with van der Waals surface area (Å²) in [5.74, 6) is 1.83. The monoisotopic (exact) mass is 530 g/mol. The molecule has 0 aromatic carbocycles. The van der Waals surface area contributed by atoms with Gasteiger partial charge in [0.1, 0.15) is 5.76 Å². The van der Waals surface area contributed by atoms with Crippen LogP contribution in [0.2, 0.25) is 0 Å². The van der Waals surface area contributed by atoms with Crippen LogP contribution in [0.5, 0.6) is 0 Å². The summed E-state index contributed by atoms with van der Waals surface area (Å²) in [5.41, 5.74) is 0. The summed E-state index contributed by atoms with van der Waals surface area (Å²) in [4.78, 5) is 11.9. The van der Waals surface area contributed by atoms with Crippen LogP contribution in [0.1, 0.15) is 27.4 Å². The van der Waals surface area contributed by atoms with Gasteiger partial charge in [0, 0.05) is 48.4 Å². The Morgan fingerprint density at radius 1 is 1.11 bits per heavy atom. The van der Waals surface area contributed by atoms with Crippen molar-refractivity contribution in [1.29, 1.82) is 0 Å². The molecule has 0 radical (unpaired) electrons. The standard InChI is InChI=1S/C20H26N4OS2.HI/c1-2-17-15-24-19(27-17)9-12-23-20(21-10-7-16-5-3-13-25-16)22-11-8-18-6-4-14-26-18;/h3-6,13-15H,2,7-12H2,1H3,(H2,21,22,23);1H. The van der Waals surface area contributed by atoms with Crippen molar-refractivity contribution in [3.8, 4) is 0 Å². The molecule has 0 bridgehead atoms. The van der Waals surface area contributed by atoms with Crippen molar-refractivity contribution in [3.05, 3.63) is 62.6 Å². The second kappa shape index (κ2) is 12.9. The molecular weight excluding hydrogens is 503 g/mol. The second-order valence-corrected chi connectivity index (χ2v) is 8.30. The summed E-state index contributed by atoms with van der Waals surface area (Å²) in [6.07, 6.45) is 7.45. The van der Waals surface area contributed by atoms with Gasteiger partial charge in [-0.1, -0.05) is 13.0 Å². The highest BCUT2D eigenvalue weighted by molar-refractivity contribution is 14.0. The van der Waals surface area contributed by atoms with Crippen LogP contribution in [-0.4, -0.2) is 30.6 Å². The molecule has 0 saturated heterocycles. The summed E-state index contributed by atoms with van der Waals surface area (Å²) in [6.45, 7) is 4.54. The maximum atomic E-state index is 5.39. The zero-order chi connectivity index (χ0) is 18.7. The summed E-state index contributed by atoms with van der Waals surface area (Å²) >= 11 is 3.58. The van der Waals surface area contributed by atoms with E-state index in [0.29, 0.717) is 0 Å². The third kappa shape index (κ3) is 7.92. The van der Waals surface area contributed by atoms with Crippen molar-refractivity contribution in [3.63, 3.8) is 0 Å². The predicted octanol–water partition coefficient (Wildman–Crippen LogP) is 4.54.